The summed E-state index contributed by atoms with van der Waals surface area (Å²) in [5.74, 6) is 1.19. The minimum absolute atomic E-state index is 0.0500. The minimum Gasteiger partial charge on any atom is -0.383 e. The molecule has 31 heavy (non-hydrogen) atoms. The molecule has 0 spiro atoms. The number of rotatable bonds is 7. The maximum Gasteiger partial charge on any atom is 0.197 e. The zero-order chi connectivity index (χ0) is 21.6. The second-order valence-electron chi connectivity index (χ2n) is 7.92. The highest BCUT2D eigenvalue weighted by Gasteiger charge is 2.23. The van der Waals surface area contributed by atoms with E-state index >= 15 is 0 Å². The highest BCUT2D eigenvalue weighted by molar-refractivity contribution is 6.31. The molecule has 1 fully saturated rings. The number of piperazine rings is 1. The number of aliphatic imine (C=N–C) groups is 2. The smallest absolute Gasteiger partial charge is 0.197 e. The summed E-state index contributed by atoms with van der Waals surface area (Å²) in [4.78, 5) is 21.2. The van der Waals surface area contributed by atoms with E-state index in [2.05, 4.69) is 43.8 Å². The summed E-state index contributed by atoms with van der Waals surface area (Å²) in [7, 11) is 0. The van der Waals surface area contributed by atoms with E-state index in [9.17, 15) is 0 Å². The fourth-order valence-corrected chi connectivity index (χ4v) is 4.40. The summed E-state index contributed by atoms with van der Waals surface area (Å²) in [5.41, 5.74) is 2.03. The Morgan fingerprint density at radius 1 is 1.13 bits per heavy atom. The van der Waals surface area contributed by atoms with Crippen molar-refractivity contribution < 1.29 is 0 Å². The maximum absolute atomic E-state index is 6.09. The second kappa shape index (κ2) is 10.4. The van der Waals surface area contributed by atoms with Crippen LogP contribution in [0.2, 0.25) is 5.02 Å². The molecule has 0 radical (unpaired) electrons. The van der Waals surface area contributed by atoms with Gasteiger partial charge in [-0.3, -0.25) is 19.8 Å². The topological polar surface area (TPSA) is 59.4 Å². The molecule has 0 amide bonds. The molecule has 3 heterocycles. The molecule has 0 bridgehead atoms. The number of hydrogen-bond donors (Lipinski definition) is 1. The lowest BCUT2D eigenvalue weighted by Crippen LogP contribution is -2.50. The van der Waals surface area contributed by atoms with Crippen LogP contribution in [0.15, 0.2) is 40.4 Å². The van der Waals surface area contributed by atoms with Crippen molar-refractivity contribution in [3.8, 4) is 0 Å². The molecule has 0 saturated carbocycles. The van der Waals surface area contributed by atoms with Gasteiger partial charge in [-0.2, -0.15) is 0 Å². The van der Waals surface area contributed by atoms with Crippen LogP contribution in [0, 0.1) is 0 Å². The van der Waals surface area contributed by atoms with Gasteiger partial charge in [-0.15, -0.1) is 0 Å². The number of halogens is 1. The first-order valence-corrected chi connectivity index (χ1v) is 11.6. The van der Waals surface area contributed by atoms with Crippen LogP contribution < -0.4 is 5.32 Å². The van der Waals surface area contributed by atoms with Crippen LogP contribution in [-0.4, -0.2) is 90.4 Å². The van der Waals surface area contributed by atoms with E-state index in [4.69, 9.17) is 16.6 Å². The summed E-state index contributed by atoms with van der Waals surface area (Å²) in [6.07, 6.45) is 4.66. The normalized spacial score (nSPS) is 19.8. The third-order valence-corrected chi connectivity index (χ3v) is 6.34. The number of aromatic nitrogens is 1. The molecule has 1 aromatic carbocycles. The Bertz CT molecular complexity index is 933. The molecule has 1 unspecified atom stereocenters. The second-order valence-corrected chi connectivity index (χ2v) is 8.36. The van der Waals surface area contributed by atoms with Gasteiger partial charge in [0.25, 0.3) is 0 Å². The number of nitrogens with zero attached hydrogens (tertiary/aromatic N) is 6. The van der Waals surface area contributed by atoms with Gasteiger partial charge < -0.3 is 10.2 Å². The molecule has 2 aliphatic heterocycles. The zero-order valence-corrected chi connectivity index (χ0v) is 19.2. The van der Waals surface area contributed by atoms with Crippen LogP contribution in [0.5, 0.6) is 0 Å². The average Bonchev–Trinajstić information content (AvgIpc) is 2.80. The Morgan fingerprint density at radius 3 is 2.71 bits per heavy atom. The Hall–Kier alpha value is -2.22. The fraction of sp³-hybridized carbons (Fsp3) is 0.522. The van der Waals surface area contributed by atoms with Crippen LogP contribution in [0.1, 0.15) is 20.3 Å². The molecule has 2 aromatic rings. The van der Waals surface area contributed by atoms with E-state index in [-0.39, 0.29) is 6.29 Å². The summed E-state index contributed by atoms with van der Waals surface area (Å²) < 4.78 is 0. The molecule has 7 nitrogen and oxygen atoms in total. The van der Waals surface area contributed by atoms with Crippen molar-refractivity contribution in [2.45, 2.75) is 26.6 Å². The number of amidine groups is 1. The Morgan fingerprint density at radius 2 is 1.94 bits per heavy atom. The van der Waals surface area contributed by atoms with Crippen molar-refractivity contribution in [1.29, 1.82) is 0 Å². The zero-order valence-electron chi connectivity index (χ0n) is 18.5. The van der Waals surface area contributed by atoms with Crippen molar-refractivity contribution in [2.24, 2.45) is 9.98 Å². The monoisotopic (exact) mass is 441 g/mol. The fourth-order valence-electron chi connectivity index (χ4n) is 4.24. The Kier molecular flexibility index (Phi) is 7.37. The first-order valence-electron chi connectivity index (χ1n) is 11.3. The predicted molar refractivity (Wildman–Crippen MR) is 131 cm³/mol. The van der Waals surface area contributed by atoms with Crippen LogP contribution in [0.3, 0.4) is 0 Å². The molecule has 2 aliphatic rings. The third-order valence-electron chi connectivity index (χ3n) is 6.10. The van der Waals surface area contributed by atoms with Gasteiger partial charge in [-0.1, -0.05) is 25.4 Å². The van der Waals surface area contributed by atoms with Crippen LogP contribution in [0.25, 0.3) is 10.9 Å². The van der Waals surface area contributed by atoms with E-state index in [0.717, 1.165) is 75.4 Å². The van der Waals surface area contributed by atoms with Gasteiger partial charge in [0.1, 0.15) is 5.84 Å². The van der Waals surface area contributed by atoms with E-state index in [0.29, 0.717) is 5.02 Å². The molecule has 8 heteroatoms. The maximum atomic E-state index is 6.09. The summed E-state index contributed by atoms with van der Waals surface area (Å²) in [6, 6.07) is 7.89. The molecule has 166 valence electrons. The van der Waals surface area contributed by atoms with Crippen molar-refractivity contribution in [1.82, 2.24) is 19.7 Å². The predicted octanol–water partition coefficient (Wildman–Crippen LogP) is 3.42. The first-order chi connectivity index (χ1) is 15.2. The standard InChI is InChI=1S/C23H32ClN7/c1-3-30(4-2)23-27-10-8-22(28-23)31-15-13-29(14-16-31)12-11-26-20-7-9-25-21-17-18(24)5-6-19(20)21/h5-7,9-10,17,23H,3-4,8,11-16H2,1-2H3,(H,25,26). The number of fused-ring (bicyclic) bond motifs is 1. The van der Waals surface area contributed by atoms with Gasteiger partial charge in [0, 0.05) is 74.2 Å². The number of hydrogen-bond acceptors (Lipinski definition) is 7. The lowest BCUT2D eigenvalue weighted by atomic mass is 10.2. The van der Waals surface area contributed by atoms with Gasteiger partial charge in [0.05, 0.1) is 5.52 Å². The quantitative estimate of drug-likeness (QED) is 0.713. The number of nitrogens with one attached hydrogen (secondary N) is 1. The van der Waals surface area contributed by atoms with Crippen molar-refractivity contribution >= 4 is 40.2 Å². The lowest BCUT2D eigenvalue weighted by Gasteiger charge is -2.38. The van der Waals surface area contributed by atoms with E-state index in [1.165, 1.54) is 5.84 Å². The molecular formula is C23H32ClN7. The summed E-state index contributed by atoms with van der Waals surface area (Å²) in [5, 5.41) is 5.40. The SMILES string of the molecule is CCN(CC)C1N=CCC(N2CCN(CCNc3ccnc4cc(Cl)ccc34)CC2)=N1. The van der Waals surface area contributed by atoms with Crippen LogP contribution >= 0.6 is 11.6 Å². The molecule has 1 aromatic heterocycles. The number of benzene rings is 1. The summed E-state index contributed by atoms with van der Waals surface area (Å²) in [6.45, 7) is 12.3. The minimum atomic E-state index is -0.0500. The largest absolute Gasteiger partial charge is 0.383 e. The molecule has 1 N–H and O–H groups in total. The molecular weight excluding hydrogens is 410 g/mol. The Balaban J connectivity index is 1.27. The molecule has 0 aliphatic carbocycles. The van der Waals surface area contributed by atoms with Crippen molar-refractivity contribution in [2.75, 3.05) is 57.7 Å². The van der Waals surface area contributed by atoms with Gasteiger partial charge in [-0.25, -0.2) is 4.99 Å². The van der Waals surface area contributed by atoms with Gasteiger partial charge in [0.2, 0.25) is 0 Å². The molecule has 4 rings (SSSR count). The highest BCUT2D eigenvalue weighted by atomic mass is 35.5. The Labute approximate surface area is 189 Å². The first kappa shape index (κ1) is 22.0. The highest BCUT2D eigenvalue weighted by Crippen LogP contribution is 2.24. The third kappa shape index (κ3) is 5.34. The van der Waals surface area contributed by atoms with Crippen LogP contribution in [0.4, 0.5) is 5.69 Å². The molecule has 1 atom stereocenters. The van der Waals surface area contributed by atoms with E-state index in [1.54, 1.807) is 0 Å². The molecule has 1 saturated heterocycles. The van der Waals surface area contributed by atoms with Crippen molar-refractivity contribution in [3.63, 3.8) is 0 Å². The summed E-state index contributed by atoms with van der Waals surface area (Å²) >= 11 is 6.09. The van der Waals surface area contributed by atoms with Gasteiger partial charge in [0.15, 0.2) is 6.29 Å². The van der Waals surface area contributed by atoms with E-state index < -0.39 is 0 Å². The number of anilines is 1. The lowest BCUT2D eigenvalue weighted by molar-refractivity contribution is 0.182. The van der Waals surface area contributed by atoms with Gasteiger partial charge >= 0.3 is 0 Å². The van der Waals surface area contributed by atoms with Gasteiger partial charge in [-0.05, 0) is 37.4 Å². The van der Waals surface area contributed by atoms with Crippen molar-refractivity contribution in [3.05, 3.63) is 35.5 Å². The van der Waals surface area contributed by atoms with Crippen LogP contribution in [-0.2, 0) is 0 Å². The average molecular weight is 442 g/mol. The number of pyridine rings is 1. The van der Waals surface area contributed by atoms with E-state index in [1.807, 2.05) is 36.7 Å².